The number of benzene rings is 2. The first-order chi connectivity index (χ1) is 16.4. The van der Waals surface area contributed by atoms with Gasteiger partial charge in [-0.1, -0.05) is 66.2 Å². The molecule has 0 spiro atoms. The molecule has 2 N–H and O–H groups in total. The van der Waals surface area contributed by atoms with E-state index in [1.54, 1.807) is 0 Å². The summed E-state index contributed by atoms with van der Waals surface area (Å²) in [4.78, 5) is 32.6. The second-order valence-corrected chi connectivity index (χ2v) is 8.07. The summed E-state index contributed by atoms with van der Waals surface area (Å²) in [5.41, 5.74) is 5.33. The van der Waals surface area contributed by atoms with Gasteiger partial charge in [-0.2, -0.15) is 0 Å². The fraction of sp³-hybridized carbons (Fsp3) is 0.346. The van der Waals surface area contributed by atoms with Crippen LogP contribution in [0.15, 0.2) is 66.2 Å². The zero-order valence-corrected chi connectivity index (χ0v) is 18.9. The minimum atomic E-state index is -1.82. The first-order valence-corrected chi connectivity index (χ1v) is 11.2. The molecule has 180 valence electrons. The number of carboxylic acids is 2. The maximum absolute atomic E-state index is 12.2. The van der Waals surface area contributed by atoms with Crippen LogP contribution < -0.4 is 0 Å². The average Bonchev–Trinajstić information content (AvgIpc) is 3.35. The minimum absolute atomic E-state index is 0.0597. The van der Waals surface area contributed by atoms with Gasteiger partial charge >= 0.3 is 17.9 Å². The lowest BCUT2D eigenvalue weighted by atomic mass is 9.88. The number of esters is 1. The van der Waals surface area contributed by atoms with Gasteiger partial charge in [-0.05, 0) is 29.5 Å². The molecule has 0 aromatic heterocycles. The zero-order valence-electron chi connectivity index (χ0n) is 18.9. The molecule has 0 amide bonds. The number of ether oxygens (including phenoxy) is 2. The molecule has 4 rings (SSSR count). The number of piperidine rings is 1. The van der Waals surface area contributed by atoms with Gasteiger partial charge in [0.1, 0.15) is 6.10 Å². The van der Waals surface area contributed by atoms with Gasteiger partial charge in [0.05, 0.1) is 19.8 Å². The van der Waals surface area contributed by atoms with Crippen LogP contribution in [-0.2, 0) is 23.9 Å². The number of carbonyl (C=O) groups excluding carboxylic acids is 1. The number of nitrogens with zero attached hydrogens (tertiary/aromatic N) is 1. The fourth-order valence-corrected chi connectivity index (χ4v) is 4.03. The summed E-state index contributed by atoms with van der Waals surface area (Å²) in [7, 11) is 0. The highest BCUT2D eigenvalue weighted by Crippen LogP contribution is 2.32. The number of carbonyl (C=O) groups is 3. The van der Waals surface area contributed by atoms with Gasteiger partial charge in [0.2, 0.25) is 0 Å². The van der Waals surface area contributed by atoms with E-state index < -0.39 is 11.9 Å². The van der Waals surface area contributed by atoms with Crippen molar-refractivity contribution in [1.29, 1.82) is 0 Å². The number of rotatable bonds is 5. The van der Waals surface area contributed by atoms with E-state index in [0.717, 1.165) is 32.4 Å². The third kappa shape index (κ3) is 7.54. The van der Waals surface area contributed by atoms with Crippen molar-refractivity contribution in [3.8, 4) is 0 Å². The van der Waals surface area contributed by atoms with Crippen LogP contribution in [0.2, 0.25) is 0 Å². The van der Waals surface area contributed by atoms with Crippen LogP contribution in [0.3, 0.4) is 0 Å². The summed E-state index contributed by atoms with van der Waals surface area (Å²) in [5, 5.41) is 14.8. The van der Waals surface area contributed by atoms with Gasteiger partial charge in [0.15, 0.2) is 0 Å². The van der Waals surface area contributed by atoms with E-state index in [4.69, 9.17) is 29.3 Å². The Hall–Kier alpha value is -3.49. The van der Waals surface area contributed by atoms with Crippen molar-refractivity contribution in [1.82, 2.24) is 4.90 Å². The Balaban J connectivity index is 0.000000481. The van der Waals surface area contributed by atoms with Crippen molar-refractivity contribution < 1.29 is 34.1 Å². The third-order valence-corrected chi connectivity index (χ3v) is 5.66. The third-order valence-electron chi connectivity index (χ3n) is 5.66. The van der Waals surface area contributed by atoms with E-state index in [1.807, 2.05) is 0 Å². The Morgan fingerprint density at radius 2 is 1.41 bits per heavy atom. The Morgan fingerprint density at radius 1 is 0.882 bits per heavy atom. The number of aliphatic carboxylic acids is 2. The molecule has 8 heteroatoms. The van der Waals surface area contributed by atoms with Crippen LogP contribution in [0.4, 0.5) is 0 Å². The summed E-state index contributed by atoms with van der Waals surface area (Å²) < 4.78 is 10.8. The molecule has 34 heavy (non-hydrogen) atoms. The second-order valence-electron chi connectivity index (χ2n) is 8.07. The molecule has 2 fully saturated rings. The number of hydrogen-bond donors (Lipinski definition) is 2. The molecule has 0 aliphatic carbocycles. The van der Waals surface area contributed by atoms with Gasteiger partial charge in [0.25, 0.3) is 0 Å². The van der Waals surface area contributed by atoms with Gasteiger partial charge in [0, 0.05) is 19.5 Å². The fourth-order valence-electron chi connectivity index (χ4n) is 4.03. The molecule has 1 unspecified atom stereocenters. The van der Waals surface area contributed by atoms with Crippen molar-refractivity contribution in [2.24, 2.45) is 0 Å². The summed E-state index contributed by atoms with van der Waals surface area (Å²) in [6.45, 7) is 3.37. The predicted molar refractivity (Wildman–Crippen MR) is 125 cm³/mol. The minimum Gasteiger partial charge on any atom is -0.473 e. The molecule has 2 heterocycles. The smallest absolute Gasteiger partial charge is 0.414 e. The largest absolute Gasteiger partial charge is 0.473 e. The average molecular weight is 468 g/mol. The van der Waals surface area contributed by atoms with Crippen LogP contribution in [0.25, 0.3) is 5.57 Å². The monoisotopic (exact) mass is 467 g/mol. The molecule has 0 radical (unpaired) electrons. The standard InChI is InChI=1S/C24H27NO3.C2H2O4/c26-23(28-22-13-16-27-18-22)17-25-14-11-21(12-15-25)24(19-7-3-1-4-8-19)20-9-5-2-6-10-20;3-1(4)2(5)6/h1-10,22H,11-18H2;(H,3,4)(H,5,6). The van der Waals surface area contributed by atoms with Crippen LogP contribution in [-0.4, -0.2) is 72.0 Å². The van der Waals surface area contributed by atoms with Gasteiger partial charge in [-0.25, -0.2) is 9.59 Å². The molecular formula is C26H29NO7. The Bertz CT molecular complexity index is 935. The molecule has 2 aliphatic rings. The molecule has 1 atom stereocenters. The molecule has 2 aliphatic heterocycles. The SMILES string of the molecule is O=C(CN1CCC(=C(c2ccccc2)c2ccccc2)CC1)OC1CCOC1.O=C(O)C(=O)O. The molecule has 2 aromatic carbocycles. The second kappa shape index (κ2) is 12.7. The number of likely N-dealkylation sites (tertiary alicyclic amines) is 1. The summed E-state index contributed by atoms with van der Waals surface area (Å²) in [6, 6.07) is 21.2. The van der Waals surface area contributed by atoms with E-state index in [2.05, 4.69) is 65.6 Å². The normalized spacial score (nSPS) is 17.9. The maximum atomic E-state index is 12.2. The van der Waals surface area contributed by atoms with Crippen molar-refractivity contribution >= 4 is 23.5 Å². The molecule has 0 bridgehead atoms. The first-order valence-electron chi connectivity index (χ1n) is 11.2. The first kappa shape index (κ1) is 25.1. The number of hydrogen-bond acceptors (Lipinski definition) is 6. The quantitative estimate of drug-likeness (QED) is 0.510. The van der Waals surface area contributed by atoms with E-state index >= 15 is 0 Å². The molecular weight excluding hydrogens is 438 g/mol. The Kier molecular flexibility index (Phi) is 9.37. The zero-order chi connectivity index (χ0) is 24.3. The lowest BCUT2D eigenvalue weighted by molar-refractivity contribution is -0.159. The van der Waals surface area contributed by atoms with E-state index in [1.165, 1.54) is 22.3 Å². The Labute approximate surface area is 198 Å². The van der Waals surface area contributed by atoms with E-state index in [9.17, 15) is 4.79 Å². The van der Waals surface area contributed by atoms with Crippen LogP contribution in [0.5, 0.6) is 0 Å². The summed E-state index contributed by atoms with van der Waals surface area (Å²) in [6.07, 6.45) is 2.70. The van der Waals surface area contributed by atoms with E-state index in [0.29, 0.717) is 19.8 Å². The molecule has 0 saturated carbocycles. The predicted octanol–water partition coefficient (Wildman–Crippen LogP) is 3.07. The molecule has 2 aromatic rings. The summed E-state index contributed by atoms with van der Waals surface area (Å²) >= 11 is 0. The van der Waals surface area contributed by atoms with Crippen molar-refractivity contribution in [2.45, 2.75) is 25.4 Å². The molecule has 8 nitrogen and oxygen atoms in total. The topological polar surface area (TPSA) is 113 Å². The lowest BCUT2D eigenvalue weighted by Gasteiger charge is -2.29. The maximum Gasteiger partial charge on any atom is 0.414 e. The van der Waals surface area contributed by atoms with Gasteiger partial charge in [-0.15, -0.1) is 0 Å². The van der Waals surface area contributed by atoms with Crippen LogP contribution in [0.1, 0.15) is 30.4 Å². The highest BCUT2D eigenvalue weighted by atomic mass is 16.6. The molecule has 2 saturated heterocycles. The van der Waals surface area contributed by atoms with Crippen molar-refractivity contribution in [3.05, 3.63) is 77.4 Å². The van der Waals surface area contributed by atoms with Crippen LogP contribution >= 0.6 is 0 Å². The highest BCUT2D eigenvalue weighted by Gasteiger charge is 2.24. The highest BCUT2D eigenvalue weighted by molar-refractivity contribution is 6.27. The Morgan fingerprint density at radius 3 is 1.85 bits per heavy atom. The van der Waals surface area contributed by atoms with Crippen molar-refractivity contribution in [2.75, 3.05) is 32.8 Å². The van der Waals surface area contributed by atoms with Gasteiger partial charge in [-0.3, -0.25) is 9.69 Å². The summed E-state index contributed by atoms with van der Waals surface area (Å²) in [5.74, 6) is -3.78. The van der Waals surface area contributed by atoms with Crippen molar-refractivity contribution in [3.63, 3.8) is 0 Å². The lowest BCUT2D eigenvalue weighted by Crippen LogP contribution is -2.37. The van der Waals surface area contributed by atoms with Gasteiger partial charge < -0.3 is 19.7 Å². The van der Waals surface area contributed by atoms with Crippen LogP contribution in [0, 0.1) is 0 Å². The number of carboxylic acid groups (broad SMARTS) is 2. The van der Waals surface area contributed by atoms with E-state index in [-0.39, 0.29) is 12.1 Å².